The monoisotopic (exact) mass is 301 g/mol. The molecule has 110 valence electrons. The molecule has 1 N–H and O–H groups in total. The Bertz CT molecular complexity index is 610. The number of carbonyl (C=O) groups is 1. The molecule has 0 atom stereocenters. The first-order valence-electron chi connectivity index (χ1n) is 7.31. The van der Waals surface area contributed by atoms with Crippen LogP contribution in [0.1, 0.15) is 34.8 Å². The van der Waals surface area contributed by atoms with Crippen molar-refractivity contribution in [3.8, 4) is 0 Å². The molecular formula is C18H20ClNO. The van der Waals surface area contributed by atoms with Gasteiger partial charge < -0.3 is 5.32 Å². The van der Waals surface area contributed by atoms with E-state index in [9.17, 15) is 4.79 Å². The number of hydrogen-bond donors (Lipinski definition) is 1. The number of aryl methyl sites for hydroxylation is 1. The zero-order chi connectivity index (χ0) is 15.1. The van der Waals surface area contributed by atoms with Crippen molar-refractivity contribution in [2.45, 2.75) is 26.2 Å². The molecule has 21 heavy (non-hydrogen) atoms. The number of amides is 1. The first kappa shape index (κ1) is 15.6. The molecule has 0 saturated carbocycles. The highest BCUT2D eigenvalue weighted by atomic mass is 35.5. The number of halogens is 1. The molecule has 0 spiro atoms. The van der Waals surface area contributed by atoms with E-state index in [-0.39, 0.29) is 5.91 Å². The first-order valence-corrected chi connectivity index (χ1v) is 7.69. The van der Waals surface area contributed by atoms with E-state index in [4.69, 9.17) is 11.6 Å². The maximum Gasteiger partial charge on any atom is 0.251 e. The second kappa shape index (κ2) is 7.84. The molecule has 0 radical (unpaired) electrons. The lowest BCUT2D eigenvalue weighted by atomic mass is 10.1. The molecule has 0 aliphatic heterocycles. The molecule has 0 heterocycles. The van der Waals surface area contributed by atoms with E-state index in [1.165, 1.54) is 5.56 Å². The van der Waals surface area contributed by atoms with Gasteiger partial charge in [-0.25, -0.2) is 0 Å². The van der Waals surface area contributed by atoms with Gasteiger partial charge in [0.25, 0.3) is 5.91 Å². The molecule has 0 aromatic heterocycles. The zero-order valence-electron chi connectivity index (χ0n) is 12.2. The summed E-state index contributed by atoms with van der Waals surface area (Å²) in [6.45, 7) is 2.72. The molecular weight excluding hydrogens is 282 g/mol. The quantitative estimate of drug-likeness (QED) is 0.848. The Hall–Kier alpha value is -1.80. The number of rotatable bonds is 6. The second-order valence-electron chi connectivity index (χ2n) is 5.05. The standard InChI is InChI=1S/C18H20ClNO/c1-2-6-14-7-5-9-16(13-14)18(21)20-12-11-15-8-3-4-10-17(15)19/h3-5,7-10,13H,2,6,11-12H2,1H3,(H,20,21). The van der Waals surface area contributed by atoms with Gasteiger partial charge in [0.1, 0.15) is 0 Å². The lowest BCUT2D eigenvalue weighted by molar-refractivity contribution is 0.0954. The second-order valence-corrected chi connectivity index (χ2v) is 5.45. The van der Waals surface area contributed by atoms with E-state index in [1.54, 1.807) is 0 Å². The summed E-state index contributed by atoms with van der Waals surface area (Å²) in [6, 6.07) is 15.5. The summed E-state index contributed by atoms with van der Waals surface area (Å²) in [5, 5.41) is 3.69. The average molecular weight is 302 g/mol. The van der Waals surface area contributed by atoms with E-state index in [2.05, 4.69) is 18.3 Å². The van der Waals surface area contributed by atoms with Crippen molar-refractivity contribution in [2.75, 3.05) is 6.54 Å². The highest BCUT2D eigenvalue weighted by Crippen LogP contribution is 2.15. The predicted octanol–water partition coefficient (Wildman–Crippen LogP) is 4.27. The number of nitrogens with one attached hydrogen (secondary N) is 1. The highest BCUT2D eigenvalue weighted by molar-refractivity contribution is 6.31. The van der Waals surface area contributed by atoms with Gasteiger partial charge in [-0.05, 0) is 42.2 Å². The van der Waals surface area contributed by atoms with Crippen LogP contribution in [0.4, 0.5) is 0 Å². The fraction of sp³-hybridized carbons (Fsp3) is 0.278. The van der Waals surface area contributed by atoms with Crippen LogP contribution in [0.15, 0.2) is 48.5 Å². The maximum absolute atomic E-state index is 12.1. The summed E-state index contributed by atoms with van der Waals surface area (Å²) >= 11 is 6.10. The minimum Gasteiger partial charge on any atom is -0.352 e. The summed E-state index contributed by atoms with van der Waals surface area (Å²) in [6.07, 6.45) is 2.82. The topological polar surface area (TPSA) is 29.1 Å². The first-order chi connectivity index (χ1) is 10.2. The van der Waals surface area contributed by atoms with E-state index in [0.717, 1.165) is 35.4 Å². The van der Waals surface area contributed by atoms with Gasteiger partial charge in [-0.3, -0.25) is 4.79 Å². The van der Waals surface area contributed by atoms with Crippen LogP contribution >= 0.6 is 11.6 Å². The number of carbonyl (C=O) groups excluding carboxylic acids is 1. The third kappa shape index (κ3) is 4.61. The normalized spacial score (nSPS) is 10.4. The Morgan fingerprint density at radius 2 is 1.90 bits per heavy atom. The van der Waals surface area contributed by atoms with Crippen molar-refractivity contribution < 1.29 is 4.79 Å². The average Bonchev–Trinajstić information content (AvgIpc) is 2.50. The summed E-state index contributed by atoms with van der Waals surface area (Å²) < 4.78 is 0. The van der Waals surface area contributed by atoms with Crippen LogP contribution in [-0.2, 0) is 12.8 Å². The minimum absolute atomic E-state index is 0.0278. The Morgan fingerprint density at radius 1 is 1.10 bits per heavy atom. The fourth-order valence-corrected chi connectivity index (χ4v) is 2.50. The van der Waals surface area contributed by atoms with Crippen LogP contribution < -0.4 is 5.32 Å². The van der Waals surface area contributed by atoms with Crippen molar-refractivity contribution >= 4 is 17.5 Å². The fourth-order valence-electron chi connectivity index (χ4n) is 2.27. The Kier molecular flexibility index (Phi) is 5.82. The minimum atomic E-state index is -0.0278. The van der Waals surface area contributed by atoms with Crippen LogP contribution in [0.2, 0.25) is 5.02 Å². The molecule has 0 aliphatic carbocycles. The Labute approximate surface area is 131 Å². The summed E-state index contributed by atoms with van der Waals surface area (Å²) in [7, 11) is 0. The van der Waals surface area contributed by atoms with E-state index in [1.807, 2.05) is 42.5 Å². The van der Waals surface area contributed by atoms with Crippen LogP contribution in [0.25, 0.3) is 0 Å². The smallest absolute Gasteiger partial charge is 0.251 e. The third-order valence-electron chi connectivity index (χ3n) is 3.37. The molecule has 0 bridgehead atoms. The third-order valence-corrected chi connectivity index (χ3v) is 3.73. The summed E-state index contributed by atoms with van der Waals surface area (Å²) in [5.41, 5.74) is 2.98. The van der Waals surface area contributed by atoms with Crippen molar-refractivity contribution in [3.05, 3.63) is 70.2 Å². The van der Waals surface area contributed by atoms with Crippen LogP contribution in [0.5, 0.6) is 0 Å². The number of benzene rings is 2. The van der Waals surface area contributed by atoms with Gasteiger partial charge in [0.2, 0.25) is 0 Å². The molecule has 3 heteroatoms. The van der Waals surface area contributed by atoms with Crippen LogP contribution in [0, 0.1) is 0 Å². The summed E-state index contributed by atoms with van der Waals surface area (Å²) in [5.74, 6) is -0.0278. The van der Waals surface area contributed by atoms with Gasteiger partial charge >= 0.3 is 0 Å². The van der Waals surface area contributed by atoms with E-state index < -0.39 is 0 Å². The van der Waals surface area contributed by atoms with Crippen LogP contribution in [-0.4, -0.2) is 12.5 Å². The van der Waals surface area contributed by atoms with Crippen molar-refractivity contribution in [2.24, 2.45) is 0 Å². The predicted molar refractivity (Wildman–Crippen MR) is 87.9 cm³/mol. The van der Waals surface area contributed by atoms with E-state index >= 15 is 0 Å². The van der Waals surface area contributed by atoms with Crippen molar-refractivity contribution in [1.29, 1.82) is 0 Å². The van der Waals surface area contributed by atoms with Crippen LogP contribution in [0.3, 0.4) is 0 Å². The van der Waals surface area contributed by atoms with Crippen molar-refractivity contribution in [3.63, 3.8) is 0 Å². The molecule has 1 amide bonds. The van der Waals surface area contributed by atoms with Gasteiger partial charge in [0, 0.05) is 17.1 Å². The zero-order valence-corrected chi connectivity index (χ0v) is 13.0. The summed E-state index contributed by atoms with van der Waals surface area (Å²) in [4.78, 5) is 12.1. The van der Waals surface area contributed by atoms with Gasteiger partial charge in [-0.15, -0.1) is 0 Å². The molecule has 2 nitrogen and oxygen atoms in total. The molecule has 0 aliphatic rings. The Morgan fingerprint density at radius 3 is 2.67 bits per heavy atom. The molecule has 0 saturated heterocycles. The lowest BCUT2D eigenvalue weighted by Gasteiger charge is -2.08. The van der Waals surface area contributed by atoms with Gasteiger partial charge in [0.15, 0.2) is 0 Å². The maximum atomic E-state index is 12.1. The Balaban J connectivity index is 1.90. The largest absolute Gasteiger partial charge is 0.352 e. The molecule has 2 aromatic rings. The van der Waals surface area contributed by atoms with Gasteiger partial charge in [-0.1, -0.05) is 55.3 Å². The lowest BCUT2D eigenvalue weighted by Crippen LogP contribution is -2.25. The molecule has 0 fully saturated rings. The SMILES string of the molecule is CCCc1cccc(C(=O)NCCc2ccccc2Cl)c1. The molecule has 2 rings (SSSR count). The van der Waals surface area contributed by atoms with Gasteiger partial charge in [0.05, 0.1) is 0 Å². The number of hydrogen-bond acceptors (Lipinski definition) is 1. The van der Waals surface area contributed by atoms with E-state index in [0.29, 0.717) is 6.54 Å². The molecule has 2 aromatic carbocycles. The van der Waals surface area contributed by atoms with Gasteiger partial charge in [-0.2, -0.15) is 0 Å². The van der Waals surface area contributed by atoms with Crippen molar-refractivity contribution in [1.82, 2.24) is 5.32 Å². The highest BCUT2D eigenvalue weighted by Gasteiger charge is 2.06. The molecule has 0 unspecified atom stereocenters.